The van der Waals surface area contributed by atoms with Crippen molar-refractivity contribution in [2.75, 3.05) is 39.3 Å². The molecule has 1 aromatic rings. The summed E-state index contributed by atoms with van der Waals surface area (Å²) in [6.45, 7) is 4.47. The van der Waals surface area contributed by atoms with Gasteiger partial charge in [-0.25, -0.2) is 4.39 Å². The molecule has 3 aliphatic carbocycles. The highest BCUT2D eigenvalue weighted by Crippen LogP contribution is 2.51. The highest BCUT2D eigenvalue weighted by molar-refractivity contribution is 6.20. The van der Waals surface area contributed by atoms with E-state index in [1.807, 2.05) is 12.4 Å². The monoisotopic (exact) mass is 604 g/mol. The number of ketones is 1. The van der Waals surface area contributed by atoms with Gasteiger partial charge in [0, 0.05) is 69.4 Å². The molecule has 7 aliphatic rings. The van der Waals surface area contributed by atoms with Crippen LogP contribution in [0.4, 0.5) is 4.39 Å². The molecule has 0 spiro atoms. The van der Waals surface area contributed by atoms with Crippen LogP contribution in [0.5, 0.6) is 0 Å². The molecule has 1 aromatic heterocycles. The summed E-state index contributed by atoms with van der Waals surface area (Å²) in [6, 6.07) is -0.549. The predicted octanol–water partition coefficient (Wildman–Crippen LogP) is 2.85. The van der Waals surface area contributed by atoms with E-state index in [1.54, 1.807) is 12.4 Å². The van der Waals surface area contributed by atoms with Gasteiger partial charge < -0.3 is 15.0 Å². The van der Waals surface area contributed by atoms with Gasteiger partial charge in [0.25, 0.3) is 5.91 Å². The molecule has 8 rings (SSSR count). The number of carbonyl (C=O) groups excluding carboxylic acids is 2. The minimum Gasteiger partial charge on any atom is -0.369 e. The second kappa shape index (κ2) is 11.9. The molecule has 5 fully saturated rings. The molecule has 5 heterocycles. The van der Waals surface area contributed by atoms with E-state index in [0.717, 1.165) is 51.1 Å². The number of likely N-dealkylation sites (tertiary alicyclic amines) is 1. The number of carbonyl (C=O) groups is 2. The third-order valence-electron chi connectivity index (χ3n) is 11.9. The maximum Gasteiger partial charge on any atom is 0.256 e. The molecule has 0 aromatic carbocycles. The number of halogens is 1. The van der Waals surface area contributed by atoms with Crippen molar-refractivity contribution >= 4 is 11.7 Å². The van der Waals surface area contributed by atoms with Crippen LogP contribution in [-0.2, 0) is 14.3 Å². The van der Waals surface area contributed by atoms with Gasteiger partial charge in [-0.15, -0.1) is 0 Å². The van der Waals surface area contributed by atoms with Crippen molar-refractivity contribution in [1.29, 1.82) is 0 Å². The van der Waals surface area contributed by atoms with Crippen LogP contribution in [-0.4, -0.2) is 112 Å². The third kappa shape index (κ3) is 5.10. The van der Waals surface area contributed by atoms with Crippen molar-refractivity contribution < 1.29 is 18.7 Å². The van der Waals surface area contributed by atoms with Crippen molar-refractivity contribution in [3.8, 4) is 0 Å². The zero-order chi connectivity index (χ0) is 29.8. The highest BCUT2D eigenvalue weighted by atomic mass is 19.1. The summed E-state index contributed by atoms with van der Waals surface area (Å²) in [5.74, 6) is 0.383. The molecule has 236 valence electrons. The number of nitrogens with one attached hydrogen (secondary N) is 1. The van der Waals surface area contributed by atoms with Crippen LogP contribution >= 0.6 is 0 Å². The maximum atomic E-state index is 16.5. The predicted molar refractivity (Wildman–Crippen MR) is 162 cm³/mol. The Kier molecular flexibility index (Phi) is 7.79. The lowest BCUT2D eigenvalue weighted by Gasteiger charge is -2.61. The van der Waals surface area contributed by atoms with Gasteiger partial charge in [-0.3, -0.25) is 29.4 Å². The number of nitrogens with zero attached hydrogens (tertiary/aromatic N) is 5. The zero-order valence-corrected chi connectivity index (χ0v) is 25.5. The second-order valence-corrected chi connectivity index (χ2v) is 14.3. The zero-order valence-electron chi connectivity index (χ0n) is 25.5. The molecule has 3 saturated carbocycles. The van der Waals surface area contributed by atoms with E-state index in [0.29, 0.717) is 24.9 Å². The van der Waals surface area contributed by atoms with Crippen molar-refractivity contribution in [2.45, 2.75) is 93.8 Å². The summed E-state index contributed by atoms with van der Waals surface area (Å²) in [5.41, 5.74) is 1.15. The van der Waals surface area contributed by atoms with Gasteiger partial charge in [0.2, 0.25) is 0 Å². The molecule has 0 bridgehead atoms. The molecule has 1 amide bonds. The summed E-state index contributed by atoms with van der Waals surface area (Å²) < 4.78 is 23.5. The minimum absolute atomic E-state index is 0.0149. The van der Waals surface area contributed by atoms with E-state index in [9.17, 15) is 9.59 Å². The van der Waals surface area contributed by atoms with E-state index in [1.165, 1.54) is 25.7 Å². The first-order valence-corrected chi connectivity index (χ1v) is 17.0. The summed E-state index contributed by atoms with van der Waals surface area (Å²) in [5, 5.41) is 3.01. The molecular weight excluding hydrogens is 559 g/mol. The van der Waals surface area contributed by atoms with Crippen LogP contribution in [0.15, 0.2) is 42.5 Å². The first-order chi connectivity index (χ1) is 21.5. The number of aromatic nitrogens is 2. The summed E-state index contributed by atoms with van der Waals surface area (Å²) in [4.78, 5) is 43.2. The lowest BCUT2D eigenvalue weighted by atomic mass is 9.64. The van der Waals surface area contributed by atoms with Crippen LogP contribution in [0.2, 0.25) is 0 Å². The minimum atomic E-state index is -1.21. The Hall–Kier alpha value is -2.69. The Balaban J connectivity index is 1.08. The summed E-state index contributed by atoms with van der Waals surface area (Å²) >= 11 is 0. The summed E-state index contributed by atoms with van der Waals surface area (Å²) in [6.07, 6.45) is 17.8. The molecule has 1 N–H and O–H groups in total. The first-order valence-electron chi connectivity index (χ1n) is 17.0. The van der Waals surface area contributed by atoms with Gasteiger partial charge in [-0.2, -0.15) is 0 Å². The van der Waals surface area contributed by atoms with Gasteiger partial charge >= 0.3 is 0 Å². The quantitative estimate of drug-likeness (QED) is 0.392. The average molecular weight is 605 g/mol. The number of rotatable bonds is 6. The fourth-order valence-electron chi connectivity index (χ4n) is 9.81. The Morgan fingerprint density at radius 2 is 1.86 bits per heavy atom. The van der Waals surface area contributed by atoms with Crippen molar-refractivity contribution in [3.63, 3.8) is 0 Å². The molecule has 4 aliphatic heterocycles. The number of Topliss-reactive ketones (excluding diaryl/α,β-unsaturated/α-hetero) is 1. The van der Waals surface area contributed by atoms with Gasteiger partial charge in [0.15, 0.2) is 5.78 Å². The van der Waals surface area contributed by atoms with E-state index in [4.69, 9.17) is 4.74 Å². The Morgan fingerprint density at radius 3 is 2.66 bits per heavy atom. The maximum absolute atomic E-state index is 16.5. The smallest absolute Gasteiger partial charge is 0.256 e. The lowest BCUT2D eigenvalue weighted by Crippen LogP contribution is -2.73. The standard InChI is InChI=1S/C34H45FN6O3/c35-26-17-24-30-33(31(26)40-13-7-23(19-40)27-18-36-8-9-37-27)44-29-16-22-6-2-1-5-21(22)15-28(29)41(30)20-25(32(24)42)34(43)38-10-14-39-11-3-4-12-39/h3-4,8-9,18,20-24,26,28-31,33H,1-2,5-7,10-17,19H2,(H,38,43). The van der Waals surface area contributed by atoms with Crippen LogP contribution in [0, 0.1) is 17.8 Å². The number of morpholine rings is 1. The van der Waals surface area contributed by atoms with E-state index in [2.05, 4.69) is 42.1 Å². The SMILES string of the molecule is O=C(NCCN1CC=CC1)C1=CN2C3CC4CCCCC4CC3OC3C(N4CCC(c5cnccn5)C4)C(F)CC(C1=O)C32. The van der Waals surface area contributed by atoms with Crippen molar-refractivity contribution in [3.05, 3.63) is 48.2 Å². The Labute approximate surface area is 259 Å². The highest BCUT2D eigenvalue weighted by Gasteiger charge is 2.61. The largest absolute Gasteiger partial charge is 0.369 e. The molecule has 0 radical (unpaired) electrons. The topological polar surface area (TPSA) is 90.9 Å². The fourth-order valence-corrected chi connectivity index (χ4v) is 9.81. The van der Waals surface area contributed by atoms with Crippen LogP contribution in [0.3, 0.4) is 0 Å². The number of amides is 1. The van der Waals surface area contributed by atoms with Crippen molar-refractivity contribution in [2.24, 2.45) is 17.8 Å². The van der Waals surface area contributed by atoms with E-state index < -0.39 is 24.2 Å². The average Bonchev–Trinajstić information content (AvgIpc) is 3.75. The van der Waals surface area contributed by atoms with Crippen molar-refractivity contribution in [1.82, 2.24) is 30.0 Å². The Morgan fingerprint density at radius 1 is 1.05 bits per heavy atom. The Bertz CT molecular complexity index is 1300. The van der Waals surface area contributed by atoms with Crippen LogP contribution in [0.25, 0.3) is 0 Å². The van der Waals surface area contributed by atoms with E-state index in [-0.39, 0.29) is 47.8 Å². The summed E-state index contributed by atoms with van der Waals surface area (Å²) in [7, 11) is 0. The molecular formula is C34H45FN6O3. The second-order valence-electron chi connectivity index (χ2n) is 14.3. The fraction of sp³-hybridized carbons (Fsp3) is 0.706. The number of ether oxygens (including phenoxy) is 1. The number of alkyl halides is 1. The molecule has 44 heavy (non-hydrogen) atoms. The van der Waals surface area contributed by atoms with Gasteiger partial charge in [0.1, 0.15) is 6.17 Å². The van der Waals surface area contributed by atoms with Gasteiger partial charge in [0.05, 0.1) is 41.6 Å². The normalized spacial score (nSPS) is 40.2. The molecule has 9 nitrogen and oxygen atoms in total. The third-order valence-corrected chi connectivity index (χ3v) is 11.9. The first kappa shape index (κ1) is 28.8. The number of hydrogen-bond donors (Lipinski definition) is 1. The lowest BCUT2D eigenvalue weighted by molar-refractivity contribution is -0.219. The van der Waals surface area contributed by atoms with Crippen LogP contribution < -0.4 is 5.32 Å². The number of fused-ring (bicyclic) bond motifs is 3. The molecule has 2 saturated heterocycles. The molecule has 10 unspecified atom stereocenters. The van der Waals surface area contributed by atoms with E-state index >= 15 is 4.39 Å². The van der Waals surface area contributed by atoms with Crippen LogP contribution in [0.1, 0.15) is 63.0 Å². The van der Waals surface area contributed by atoms with Gasteiger partial charge in [-0.1, -0.05) is 37.8 Å². The molecule has 10 heteroatoms. The number of hydrogen-bond acceptors (Lipinski definition) is 8. The molecule has 10 atom stereocenters. The van der Waals surface area contributed by atoms with Gasteiger partial charge in [-0.05, 0) is 44.1 Å².